The van der Waals surface area contributed by atoms with Crippen LogP contribution in [0.25, 0.3) is 0 Å². The number of rotatable bonds is 4. The van der Waals surface area contributed by atoms with E-state index in [0.29, 0.717) is 17.1 Å². The first kappa shape index (κ1) is 12.7. The highest BCUT2D eigenvalue weighted by Crippen LogP contribution is 2.24. The molecular formula is C13H11BrN2O2. The van der Waals surface area contributed by atoms with Crippen molar-refractivity contribution in [1.29, 1.82) is 0 Å². The van der Waals surface area contributed by atoms with E-state index in [0.717, 1.165) is 4.47 Å². The fourth-order valence-electron chi connectivity index (χ4n) is 1.45. The Hall–Kier alpha value is -1.75. The van der Waals surface area contributed by atoms with Crippen LogP contribution in [0.5, 0.6) is 5.75 Å². The molecule has 4 nitrogen and oxygen atoms in total. The maximum atomic E-state index is 11.5. The highest BCUT2D eigenvalue weighted by atomic mass is 79.9. The predicted octanol–water partition coefficient (Wildman–Crippen LogP) is 3.02. The van der Waals surface area contributed by atoms with Gasteiger partial charge in [0.15, 0.2) is 11.6 Å². The SMILES string of the molecule is CC(=O)c1cc(Br)ccc1OCc1ncccn1. The third-order valence-corrected chi connectivity index (χ3v) is 2.79. The summed E-state index contributed by atoms with van der Waals surface area (Å²) in [6.07, 6.45) is 3.30. The van der Waals surface area contributed by atoms with Gasteiger partial charge < -0.3 is 4.74 Å². The van der Waals surface area contributed by atoms with Crippen LogP contribution < -0.4 is 4.74 Å². The van der Waals surface area contributed by atoms with Crippen molar-refractivity contribution in [2.45, 2.75) is 13.5 Å². The van der Waals surface area contributed by atoms with Crippen LogP contribution in [0, 0.1) is 0 Å². The van der Waals surface area contributed by atoms with E-state index in [1.807, 2.05) is 6.07 Å². The third kappa shape index (κ3) is 3.13. The molecule has 2 rings (SSSR count). The standard InChI is InChI=1S/C13H11BrN2O2/c1-9(17)11-7-10(14)3-4-12(11)18-8-13-15-5-2-6-16-13/h2-7H,8H2,1H3. The van der Waals surface area contributed by atoms with Crippen molar-refractivity contribution in [3.8, 4) is 5.75 Å². The molecule has 0 fully saturated rings. The van der Waals surface area contributed by atoms with Gasteiger partial charge >= 0.3 is 0 Å². The van der Waals surface area contributed by atoms with Crippen LogP contribution in [0.2, 0.25) is 0 Å². The van der Waals surface area contributed by atoms with Gasteiger partial charge in [0.25, 0.3) is 0 Å². The van der Waals surface area contributed by atoms with Crippen LogP contribution in [-0.4, -0.2) is 15.8 Å². The number of carbonyl (C=O) groups is 1. The van der Waals surface area contributed by atoms with Gasteiger partial charge in [-0.1, -0.05) is 15.9 Å². The van der Waals surface area contributed by atoms with Crippen LogP contribution in [0.4, 0.5) is 0 Å². The fourth-order valence-corrected chi connectivity index (χ4v) is 1.81. The second kappa shape index (κ2) is 5.73. The Kier molecular flexibility index (Phi) is 4.04. The maximum absolute atomic E-state index is 11.5. The Labute approximate surface area is 113 Å². The van der Waals surface area contributed by atoms with Gasteiger partial charge in [0.05, 0.1) is 5.56 Å². The van der Waals surface area contributed by atoms with Gasteiger partial charge in [-0.15, -0.1) is 0 Å². The molecule has 0 unspecified atom stereocenters. The predicted molar refractivity (Wildman–Crippen MR) is 70.5 cm³/mol. The molecule has 92 valence electrons. The van der Waals surface area contributed by atoms with Crippen molar-refractivity contribution in [3.63, 3.8) is 0 Å². The summed E-state index contributed by atoms with van der Waals surface area (Å²) in [4.78, 5) is 19.6. The number of ketones is 1. The molecular weight excluding hydrogens is 296 g/mol. The van der Waals surface area contributed by atoms with E-state index in [9.17, 15) is 4.79 Å². The van der Waals surface area contributed by atoms with Gasteiger partial charge in [-0.25, -0.2) is 9.97 Å². The van der Waals surface area contributed by atoms with E-state index < -0.39 is 0 Å². The highest BCUT2D eigenvalue weighted by Gasteiger charge is 2.09. The lowest BCUT2D eigenvalue weighted by molar-refractivity contribution is 0.101. The smallest absolute Gasteiger partial charge is 0.166 e. The fraction of sp³-hybridized carbons (Fsp3) is 0.154. The van der Waals surface area contributed by atoms with Crippen LogP contribution in [0.15, 0.2) is 41.1 Å². The number of hydrogen-bond acceptors (Lipinski definition) is 4. The quantitative estimate of drug-likeness (QED) is 0.815. The molecule has 0 bridgehead atoms. The Morgan fingerprint density at radius 1 is 1.33 bits per heavy atom. The van der Waals surface area contributed by atoms with E-state index in [1.165, 1.54) is 6.92 Å². The second-order valence-corrected chi connectivity index (χ2v) is 4.57. The Morgan fingerprint density at radius 2 is 2.06 bits per heavy atom. The lowest BCUT2D eigenvalue weighted by Gasteiger charge is -2.09. The molecule has 1 heterocycles. The van der Waals surface area contributed by atoms with Crippen molar-refractivity contribution in [3.05, 3.63) is 52.5 Å². The molecule has 0 atom stereocenters. The van der Waals surface area contributed by atoms with Gasteiger partial charge in [0.1, 0.15) is 12.4 Å². The molecule has 18 heavy (non-hydrogen) atoms. The molecule has 0 spiro atoms. The van der Waals surface area contributed by atoms with Crippen molar-refractivity contribution in [1.82, 2.24) is 9.97 Å². The monoisotopic (exact) mass is 306 g/mol. The van der Waals surface area contributed by atoms with E-state index in [1.54, 1.807) is 30.6 Å². The number of aromatic nitrogens is 2. The number of carbonyl (C=O) groups excluding carboxylic acids is 1. The Bertz CT molecular complexity index is 558. The summed E-state index contributed by atoms with van der Waals surface area (Å²) < 4.78 is 6.42. The lowest BCUT2D eigenvalue weighted by Crippen LogP contribution is -2.04. The third-order valence-electron chi connectivity index (χ3n) is 2.30. The first-order chi connectivity index (χ1) is 8.66. The lowest BCUT2D eigenvalue weighted by atomic mass is 10.1. The summed E-state index contributed by atoms with van der Waals surface area (Å²) in [6.45, 7) is 1.75. The van der Waals surface area contributed by atoms with Gasteiger partial charge in [0.2, 0.25) is 0 Å². The van der Waals surface area contributed by atoms with Gasteiger partial charge in [-0.3, -0.25) is 4.79 Å². The minimum absolute atomic E-state index is 0.0414. The summed E-state index contributed by atoms with van der Waals surface area (Å²) in [5.74, 6) is 1.08. The van der Waals surface area contributed by atoms with E-state index in [2.05, 4.69) is 25.9 Å². The van der Waals surface area contributed by atoms with E-state index in [-0.39, 0.29) is 12.4 Å². The van der Waals surface area contributed by atoms with Gasteiger partial charge in [-0.2, -0.15) is 0 Å². The average Bonchev–Trinajstić information content (AvgIpc) is 2.38. The molecule has 2 aromatic rings. The number of hydrogen-bond donors (Lipinski definition) is 0. The molecule has 0 aliphatic carbocycles. The first-order valence-corrected chi connectivity index (χ1v) is 6.15. The van der Waals surface area contributed by atoms with Crippen molar-refractivity contribution >= 4 is 21.7 Å². The largest absolute Gasteiger partial charge is 0.485 e. The molecule has 0 N–H and O–H groups in total. The second-order valence-electron chi connectivity index (χ2n) is 3.65. The summed E-state index contributed by atoms with van der Waals surface area (Å²) in [5.41, 5.74) is 0.542. The molecule has 1 aromatic carbocycles. The van der Waals surface area contributed by atoms with E-state index in [4.69, 9.17) is 4.74 Å². The summed E-state index contributed by atoms with van der Waals surface area (Å²) in [6, 6.07) is 7.06. The topological polar surface area (TPSA) is 52.1 Å². The molecule has 0 amide bonds. The van der Waals surface area contributed by atoms with Gasteiger partial charge in [0, 0.05) is 16.9 Å². The van der Waals surface area contributed by atoms with E-state index >= 15 is 0 Å². The van der Waals surface area contributed by atoms with Crippen molar-refractivity contribution < 1.29 is 9.53 Å². The zero-order valence-electron chi connectivity index (χ0n) is 9.76. The summed E-state index contributed by atoms with van der Waals surface area (Å²) >= 11 is 3.33. The molecule has 0 aliphatic rings. The van der Waals surface area contributed by atoms with Crippen LogP contribution >= 0.6 is 15.9 Å². The number of halogens is 1. The van der Waals surface area contributed by atoms with Crippen molar-refractivity contribution in [2.75, 3.05) is 0 Å². The van der Waals surface area contributed by atoms with Crippen LogP contribution in [0.1, 0.15) is 23.1 Å². The highest BCUT2D eigenvalue weighted by molar-refractivity contribution is 9.10. The normalized spacial score (nSPS) is 10.1. The number of nitrogens with zero attached hydrogens (tertiary/aromatic N) is 2. The van der Waals surface area contributed by atoms with Gasteiger partial charge in [-0.05, 0) is 31.2 Å². The molecule has 0 aliphatic heterocycles. The minimum atomic E-state index is -0.0414. The summed E-state index contributed by atoms with van der Waals surface area (Å²) in [5, 5.41) is 0. The first-order valence-electron chi connectivity index (χ1n) is 5.36. The number of Topliss-reactive ketones (excluding diaryl/α,β-unsaturated/α-hetero) is 1. The number of benzene rings is 1. The molecule has 0 saturated heterocycles. The molecule has 1 aromatic heterocycles. The average molecular weight is 307 g/mol. The minimum Gasteiger partial charge on any atom is -0.485 e. The maximum Gasteiger partial charge on any atom is 0.166 e. The van der Waals surface area contributed by atoms with Crippen molar-refractivity contribution in [2.24, 2.45) is 0 Å². The molecule has 0 radical (unpaired) electrons. The zero-order valence-corrected chi connectivity index (χ0v) is 11.3. The Morgan fingerprint density at radius 3 is 2.72 bits per heavy atom. The van der Waals surface area contributed by atoms with Crippen LogP contribution in [0.3, 0.4) is 0 Å². The zero-order chi connectivity index (χ0) is 13.0. The summed E-state index contributed by atoms with van der Waals surface area (Å²) in [7, 11) is 0. The molecule has 0 saturated carbocycles. The molecule has 5 heteroatoms. The van der Waals surface area contributed by atoms with Crippen LogP contribution in [-0.2, 0) is 6.61 Å². The Balaban J connectivity index is 2.17. The number of ether oxygens (including phenoxy) is 1.